The van der Waals surface area contributed by atoms with E-state index in [4.69, 9.17) is 15.7 Å². The maximum atomic E-state index is 12.8. The van der Waals surface area contributed by atoms with E-state index in [1.807, 2.05) is 39.0 Å². The van der Waals surface area contributed by atoms with Crippen LogP contribution in [0.15, 0.2) is 24.8 Å². The Balaban J connectivity index is 1.95. The summed E-state index contributed by atoms with van der Waals surface area (Å²) in [6.07, 6.45) is 2.58. The predicted molar refractivity (Wildman–Crippen MR) is 184 cm³/mol. The Labute approximate surface area is 273 Å². The molecule has 1 amide bonds. The number of carbonyl (C=O) groups is 3. The summed E-state index contributed by atoms with van der Waals surface area (Å²) in [4.78, 5) is 54.8. The third-order valence-corrected chi connectivity index (χ3v) is 9.42. The minimum Gasteiger partial charge on any atom is -0.481 e. The van der Waals surface area contributed by atoms with Crippen molar-refractivity contribution < 1.29 is 24.6 Å². The van der Waals surface area contributed by atoms with E-state index in [1.165, 1.54) is 0 Å². The number of nitrogens with one attached hydrogen (secondary N) is 3. The number of aromatic nitrogens is 4. The van der Waals surface area contributed by atoms with Crippen LogP contribution in [0.4, 0.5) is 0 Å². The van der Waals surface area contributed by atoms with Gasteiger partial charge in [0.1, 0.15) is 0 Å². The van der Waals surface area contributed by atoms with Crippen LogP contribution >= 0.6 is 0 Å². The molecule has 0 saturated heterocycles. The minimum absolute atomic E-state index is 0.0581. The Hall–Kier alpha value is -5.03. The zero-order valence-electron chi connectivity index (χ0n) is 27.5. The van der Waals surface area contributed by atoms with E-state index in [1.54, 1.807) is 6.92 Å². The SMILES string of the molecule is C=Cc1c(C)c2cc3nc(c(CC(=O)O)c4nc(cc5[nH]c(cc1[nH]2)c(C)c5CC)C(C)=C4C(=O)O)[C@@H](CCC(=O)NCCN)[C@@H]3C. The fraction of sp³-hybridized carbons (Fsp3) is 0.361. The Morgan fingerprint density at radius 3 is 2.34 bits per heavy atom. The molecule has 11 nitrogen and oxygen atoms in total. The van der Waals surface area contributed by atoms with Crippen LogP contribution in [0.1, 0.15) is 96.0 Å². The van der Waals surface area contributed by atoms with Gasteiger partial charge in [-0.1, -0.05) is 26.5 Å². The number of aromatic amines is 2. The Morgan fingerprint density at radius 1 is 1.00 bits per heavy atom. The monoisotopic (exact) mass is 638 g/mol. The summed E-state index contributed by atoms with van der Waals surface area (Å²) in [6, 6.07) is 5.84. The number of rotatable bonds is 10. The fourth-order valence-corrected chi connectivity index (χ4v) is 6.83. The van der Waals surface area contributed by atoms with Crippen LogP contribution < -0.4 is 11.1 Å². The first-order valence-corrected chi connectivity index (χ1v) is 15.9. The van der Waals surface area contributed by atoms with Crippen molar-refractivity contribution >= 4 is 57.1 Å². The quantitative estimate of drug-likeness (QED) is 0.167. The second kappa shape index (κ2) is 13.4. The van der Waals surface area contributed by atoms with E-state index in [9.17, 15) is 24.6 Å². The van der Waals surface area contributed by atoms with Crippen LogP contribution in [-0.4, -0.2) is 61.1 Å². The maximum Gasteiger partial charge on any atom is 0.338 e. The highest BCUT2D eigenvalue weighted by Crippen LogP contribution is 2.43. The van der Waals surface area contributed by atoms with E-state index in [2.05, 4.69) is 34.9 Å². The molecule has 0 saturated carbocycles. The maximum absolute atomic E-state index is 12.8. The molecule has 0 aromatic carbocycles. The molecule has 5 rings (SSSR count). The number of carbonyl (C=O) groups excluding carboxylic acids is 1. The topological polar surface area (TPSA) is 187 Å². The smallest absolute Gasteiger partial charge is 0.338 e. The van der Waals surface area contributed by atoms with Crippen molar-refractivity contribution in [3.63, 3.8) is 0 Å². The minimum atomic E-state index is -1.20. The predicted octanol–water partition coefficient (Wildman–Crippen LogP) is 5.52. The van der Waals surface area contributed by atoms with Crippen LogP contribution in [0.2, 0.25) is 0 Å². The third kappa shape index (κ3) is 6.23. The Bertz CT molecular complexity index is 2000. The molecule has 246 valence electrons. The van der Waals surface area contributed by atoms with E-state index in [-0.39, 0.29) is 41.0 Å². The molecule has 3 aromatic rings. The number of allylic oxidation sites excluding steroid dienone is 1. The summed E-state index contributed by atoms with van der Waals surface area (Å²) in [5, 5.41) is 23.3. The van der Waals surface area contributed by atoms with Gasteiger partial charge in [0.15, 0.2) is 0 Å². The average Bonchev–Trinajstić information content (AvgIpc) is 3.70. The molecule has 11 heteroatoms. The zero-order chi connectivity index (χ0) is 34.2. The highest BCUT2D eigenvalue weighted by Gasteiger charge is 2.35. The van der Waals surface area contributed by atoms with Gasteiger partial charge < -0.3 is 31.2 Å². The Morgan fingerprint density at radius 2 is 1.70 bits per heavy atom. The second-order valence-corrected chi connectivity index (χ2v) is 12.2. The first-order chi connectivity index (χ1) is 22.4. The lowest BCUT2D eigenvalue weighted by atomic mass is 9.84. The number of fused-ring (bicyclic) bond motifs is 8. The molecule has 3 aromatic heterocycles. The lowest BCUT2D eigenvalue weighted by molar-refractivity contribution is -0.136. The summed E-state index contributed by atoms with van der Waals surface area (Å²) in [7, 11) is 0. The summed E-state index contributed by atoms with van der Waals surface area (Å²) in [5.74, 6) is -3.11. The highest BCUT2D eigenvalue weighted by molar-refractivity contribution is 6.24. The van der Waals surface area contributed by atoms with Crippen molar-refractivity contribution in [1.29, 1.82) is 0 Å². The summed E-state index contributed by atoms with van der Waals surface area (Å²) in [6.45, 7) is 14.5. The third-order valence-electron chi connectivity index (χ3n) is 9.42. The standard InChI is InChI=1S/C36H42N6O5/c1-7-21-17(3)25-14-27-19(5)23(9-10-31(43)38-12-11-37)34(41-27)24(13-32(44)45)35-33(36(46)47)20(6)28(42-35)16-30-22(8-2)18(4)26(40-30)15-29(21)39-25/h7,14-16,19,23,39-40H,1,8-13,37H2,2-6H3,(H,38,43)(H,44,45)(H,46,47)/t19-,23-/m0/s1. The molecular formula is C36H42N6O5. The van der Waals surface area contributed by atoms with E-state index in [0.717, 1.165) is 50.7 Å². The summed E-state index contributed by atoms with van der Waals surface area (Å²) >= 11 is 0. The molecule has 0 aliphatic carbocycles. The summed E-state index contributed by atoms with van der Waals surface area (Å²) in [5.41, 5.74) is 15.2. The van der Waals surface area contributed by atoms with Crippen molar-refractivity contribution in [2.24, 2.45) is 5.73 Å². The van der Waals surface area contributed by atoms with Crippen molar-refractivity contribution in [1.82, 2.24) is 25.3 Å². The van der Waals surface area contributed by atoms with Crippen molar-refractivity contribution in [3.8, 4) is 0 Å². The largest absolute Gasteiger partial charge is 0.481 e. The van der Waals surface area contributed by atoms with Crippen LogP contribution in [0.25, 0.3) is 39.3 Å². The van der Waals surface area contributed by atoms with Gasteiger partial charge in [0.25, 0.3) is 0 Å². The average molecular weight is 639 g/mol. The van der Waals surface area contributed by atoms with E-state index in [0.29, 0.717) is 42.2 Å². The normalized spacial score (nSPS) is 16.0. The van der Waals surface area contributed by atoms with Gasteiger partial charge in [0.2, 0.25) is 5.91 Å². The fourth-order valence-electron chi connectivity index (χ4n) is 6.83. The van der Waals surface area contributed by atoms with E-state index >= 15 is 0 Å². The number of hydrogen-bond donors (Lipinski definition) is 6. The van der Waals surface area contributed by atoms with Crippen LogP contribution in [0.3, 0.4) is 0 Å². The Kier molecular flexibility index (Phi) is 9.48. The van der Waals surface area contributed by atoms with Crippen LogP contribution in [0.5, 0.6) is 0 Å². The van der Waals surface area contributed by atoms with Gasteiger partial charge in [0.05, 0.1) is 29.1 Å². The molecule has 8 bridgehead atoms. The molecule has 2 atom stereocenters. The van der Waals surface area contributed by atoms with Crippen molar-refractivity contribution in [2.45, 2.75) is 72.1 Å². The molecule has 0 fully saturated rings. The first-order valence-electron chi connectivity index (χ1n) is 15.9. The van der Waals surface area contributed by atoms with Gasteiger partial charge in [0, 0.05) is 70.2 Å². The van der Waals surface area contributed by atoms with Crippen LogP contribution in [0, 0.1) is 13.8 Å². The van der Waals surface area contributed by atoms with Gasteiger partial charge in [-0.05, 0) is 74.1 Å². The first kappa shape index (κ1) is 33.3. The number of nitrogens with zero attached hydrogens (tertiary/aromatic N) is 2. The number of carboxylic acid groups (broad SMARTS) is 2. The molecule has 7 N–H and O–H groups in total. The number of H-pyrrole nitrogens is 2. The van der Waals surface area contributed by atoms with Gasteiger partial charge in [-0.3, -0.25) is 14.6 Å². The molecule has 5 heterocycles. The van der Waals surface area contributed by atoms with Gasteiger partial charge in [-0.15, -0.1) is 0 Å². The lowest BCUT2D eigenvalue weighted by Crippen LogP contribution is -2.29. The van der Waals surface area contributed by atoms with Gasteiger partial charge in [-0.25, -0.2) is 9.78 Å². The van der Waals surface area contributed by atoms with Gasteiger partial charge in [-0.2, -0.15) is 0 Å². The number of nitrogens with two attached hydrogens (primary N) is 1. The molecule has 0 spiro atoms. The molecular weight excluding hydrogens is 596 g/mol. The summed E-state index contributed by atoms with van der Waals surface area (Å²) < 4.78 is 0. The van der Waals surface area contributed by atoms with Crippen LogP contribution in [-0.2, 0) is 27.2 Å². The van der Waals surface area contributed by atoms with Crippen molar-refractivity contribution in [2.75, 3.05) is 13.1 Å². The second-order valence-electron chi connectivity index (χ2n) is 12.2. The molecule has 2 aliphatic rings. The number of aryl methyl sites for hydroxylation is 3. The molecule has 47 heavy (non-hydrogen) atoms. The number of carboxylic acids is 2. The van der Waals surface area contributed by atoms with Crippen molar-refractivity contribution in [3.05, 3.63) is 75.4 Å². The lowest BCUT2D eigenvalue weighted by Gasteiger charge is -2.18. The molecule has 0 unspecified atom stereocenters. The van der Waals surface area contributed by atoms with Gasteiger partial charge >= 0.3 is 11.9 Å². The number of amides is 1. The number of aliphatic carboxylic acids is 2. The molecule has 2 aliphatic heterocycles. The highest BCUT2D eigenvalue weighted by atomic mass is 16.4. The zero-order valence-corrected chi connectivity index (χ0v) is 27.5. The van der Waals surface area contributed by atoms with E-state index < -0.39 is 18.4 Å². The number of hydrogen-bond acceptors (Lipinski definition) is 6. The molecule has 0 radical (unpaired) electrons.